The molecule has 1 amide bonds. The molecule has 1 heterocycles. The Morgan fingerprint density at radius 1 is 1.00 bits per heavy atom. The Morgan fingerprint density at radius 2 is 1.69 bits per heavy atom. The molecule has 0 aliphatic rings. The molecule has 0 atom stereocenters. The Morgan fingerprint density at radius 3 is 2.42 bits per heavy atom. The van der Waals surface area contributed by atoms with Gasteiger partial charge in [-0.1, -0.05) is 79.7 Å². The zero-order valence-electron chi connectivity index (χ0n) is 15.2. The highest BCUT2D eigenvalue weighted by Crippen LogP contribution is 2.31. The number of hydrogen-bond acceptors (Lipinski definition) is 4. The minimum atomic E-state index is 0.126. The van der Waals surface area contributed by atoms with Crippen molar-refractivity contribution in [1.82, 2.24) is 15.1 Å². The molecule has 26 heavy (non-hydrogen) atoms. The van der Waals surface area contributed by atoms with E-state index in [-0.39, 0.29) is 5.91 Å². The summed E-state index contributed by atoms with van der Waals surface area (Å²) in [5.74, 6) is 0.505. The van der Waals surface area contributed by atoms with E-state index in [9.17, 15) is 4.79 Å². The van der Waals surface area contributed by atoms with Crippen LogP contribution < -0.4 is 0 Å². The van der Waals surface area contributed by atoms with Gasteiger partial charge < -0.3 is 4.90 Å². The molecular formula is C21H23N3OS. The van der Waals surface area contributed by atoms with Crippen molar-refractivity contribution in [2.75, 3.05) is 19.3 Å². The second kappa shape index (κ2) is 8.81. The molecular weight excluding hydrogens is 342 g/mol. The van der Waals surface area contributed by atoms with Crippen molar-refractivity contribution in [3.63, 3.8) is 0 Å². The summed E-state index contributed by atoms with van der Waals surface area (Å²) in [4.78, 5) is 14.1. The summed E-state index contributed by atoms with van der Waals surface area (Å²) in [6, 6.07) is 18.2. The van der Waals surface area contributed by atoms with E-state index in [0.717, 1.165) is 46.4 Å². The minimum absolute atomic E-state index is 0.126. The van der Waals surface area contributed by atoms with Crippen LogP contribution in [0.1, 0.15) is 19.8 Å². The van der Waals surface area contributed by atoms with Crippen molar-refractivity contribution in [3.8, 4) is 11.3 Å². The average molecular weight is 366 g/mol. The van der Waals surface area contributed by atoms with E-state index in [4.69, 9.17) is 0 Å². The summed E-state index contributed by atoms with van der Waals surface area (Å²) in [6.45, 7) is 2.93. The first kappa shape index (κ1) is 18.4. The van der Waals surface area contributed by atoms with Gasteiger partial charge in [-0.15, -0.1) is 10.2 Å². The van der Waals surface area contributed by atoms with Gasteiger partial charge in [0, 0.05) is 29.9 Å². The molecule has 0 saturated heterocycles. The molecule has 2 aromatic carbocycles. The van der Waals surface area contributed by atoms with E-state index < -0.39 is 0 Å². The molecule has 1 aromatic heterocycles. The summed E-state index contributed by atoms with van der Waals surface area (Å²) in [7, 11) is 1.86. The molecule has 0 spiro atoms. The van der Waals surface area contributed by atoms with Gasteiger partial charge in [-0.05, 0) is 6.42 Å². The fourth-order valence-corrected chi connectivity index (χ4v) is 3.67. The third-order valence-electron chi connectivity index (χ3n) is 4.31. The van der Waals surface area contributed by atoms with Crippen molar-refractivity contribution >= 4 is 28.4 Å². The molecule has 0 bridgehead atoms. The number of carbonyl (C=O) groups excluding carboxylic acids is 1. The van der Waals surface area contributed by atoms with E-state index in [0.29, 0.717) is 5.75 Å². The lowest BCUT2D eigenvalue weighted by Gasteiger charge is -2.16. The van der Waals surface area contributed by atoms with Crippen molar-refractivity contribution < 1.29 is 4.79 Å². The number of benzene rings is 2. The lowest BCUT2D eigenvalue weighted by atomic mass is 10.1. The summed E-state index contributed by atoms with van der Waals surface area (Å²) in [5, 5.41) is 11.8. The Hall–Kier alpha value is -2.40. The number of unbranched alkanes of at least 4 members (excludes halogenated alkanes) is 1. The number of hydrogen-bond donors (Lipinski definition) is 0. The predicted octanol–water partition coefficient (Wildman–Crippen LogP) is 4.65. The predicted molar refractivity (Wildman–Crippen MR) is 108 cm³/mol. The standard InChI is InChI=1S/C21H23N3OS/c1-3-4-14-24(2)19(25)15-26-21-18-13-9-8-12-17(18)20(22-23-21)16-10-6-5-7-11-16/h5-13H,3-4,14-15H2,1-2H3. The number of amides is 1. The van der Waals surface area contributed by atoms with E-state index >= 15 is 0 Å². The average Bonchev–Trinajstić information content (AvgIpc) is 2.70. The van der Waals surface area contributed by atoms with Gasteiger partial charge in [-0.2, -0.15) is 0 Å². The van der Waals surface area contributed by atoms with Crippen molar-refractivity contribution in [2.24, 2.45) is 0 Å². The highest BCUT2D eigenvalue weighted by molar-refractivity contribution is 8.00. The third-order valence-corrected chi connectivity index (χ3v) is 5.27. The molecule has 0 saturated carbocycles. The molecule has 0 aliphatic heterocycles. The normalized spacial score (nSPS) is 10.8. The maximum absolute atomic E-state index is 12.3. The van der Waals surface area contributed by atoms with Gasteiger partial charge in [-0.3, -0.25) is 4.79 Å². The molecule has 134 valence electrons. The van der Waals surface area contributed by atoms with Gasteiger partial charge in [0.25, 0.3) is 0 Å². The van der Waals surface area contributed by atoms with Crippen LogP contribution in [0.4, 0.5) is 0 Å². The van der Waals surface area contributed by atoms with E-state index in [2.05, 4.69) is 23.2 Å². The Balaban J connectivity index is 1.84. The molecule has 0 radical (unpaired) electrons. The minimum Gasteiger partial charge on any atom is -0.345 e. The monoisotopic (exact) mass is 365 g/mol. The number of rotatable bonds is 7. The quantitative estimate of drug-likeness (QED) is 0.572. The number of carbonyl (C=O) groups is 1. The van der Waals surface area contributed by atoms with Crippen LogP contribution in [0, 0.1) is 0 Å². The summed E-state index contributed by atoms with van der Waals surface area (Å²) in [6.07, 6.45) is 2.11. The van der Waals surface area contributed by atoms with Gasteiger partial charge in [0.05, 0.1) is 5.75 Å². The van der Waals surface area contributed by atoms with Crippen molar-refractivity contribution in [1.29, 1.82) is 0 Å². The Labute approximate surface area is 158 Å². The van der Waals surface area contributed by atoms with E-state index in [1.54, 1.807) is 4.90 Å². The number of aromatic nitrogens is 2. The first-order chi connectivity index (χ1) is 12.7. The first-order valence-corrected chi connectivity index (χ1v) is 9.87. The fraction of sp³-hybridized carbons (Fsp3) is 0.286. The van der Waals surface area contributed by atoms with Gasteiger partial charge in [0.1, 0.15) is 10.7 Å². The summed E-state index contributed by atoms with van der Waals surface area (Å²) < 4.78 is 0. The van der Waals surface area contributed by atoms with Crippen LogP contribution in [0.3, 0.4) is 0 Å². The largest absolute Gasteiger partial charge is 0.345 e. The maximum atomic E-state index is 12.3. The lowest BCUT2D eigenvalue weighted by molar-refractivity contribution is -0.127. The third kappa shape index (κ3) is 4.22. The summed E-state index contributed by atoms with van der Waals surface area (Å²) in [5.41, 5.74) is 1.92. The van der Waals surface area contributed by atoms with E-state index in [1.807, 2.05) is 55.6 Å². The van der Waals surface area contributed by atoms with Crippen LogP contribution in [-0.4, -0.2) is 40.3 Å². The summed E-state index contributed by atoms with van der Waals surface area (Å²) >= 11 is 1.46. The van der Waals surface area contributed by atoms with Crippen LogP contribution in [0.5, 0.6) is 0 Å². The molecule has 3 rings (SSSR count). The first-order valence-electron chi connectivity index (χ1n) is 8.88. The molecule has 3 aromatic rings. The van der Waals surface area contributed by atoms with Gasteiger partial charge in [-0.25, -0.2) is 0 Å². The Kier molecular flexibility index (Phi) is 6.23. The van der Waals surface area contributed by atoms with Crippen LogP contribution in [0.15, 0.2) is 59.6 Å². The van der Waals surface area contributed by atoms with Crippen LogP contribution >= 0.6 is 11.8 Å². The maximum Gasteiger partial charge on any atom is 0.232 e. The SMILES string of the molecule is CCCCN(C)C(=O)CSc1nnc(-c2ccccc2)c2ccccc12. The molecule has 0 unspecified atom stereocenters. The van der Waals surface area contributed by atoms with Gasteiger partial charge >= 0.3 is 0 Å². The number of thioether (sulfide) groups is 1. The zero-order chi connectivity index (χ0) is 18.4. The molecule has 5 heteroatoms. The number of fused-ring (bicyclic) bond motifs is 1. The second-order valence-corrected chi connectivity index (χ2v) is 7.19. The lowest BCUT2D eigenvalue weighted by Crippen LogP contribution is -2.29. The zero-order valence-corrected chi connectivity index (χ0v) is 16.0. The van der Waals surface area contributed by atoms with Gasteiger partial charge in [0.15, 0.2) is 0 Å². The van der Waals surface area contributed by atoms with Gasteiger partial charge in [0.2, 0.25) is 5.91 Å². The number of nitrogens with zero attached hydrogens (tertiary/aromatic N) is 3. The van der Waals surface area contributed by atoms with Crippen LogP contribution in [-0.2, 0) is 4.79 Å². The highest BCUT2D eigenvalue weighted by atomic mass is 32.2. The van der Waals surface area contributed by atoms with Crippen LogP contribution in [0.25, 0.3) is 22.0 Å². The fourth-order valence-electron chi connectivity index (χ4n) is 2.76. The van der Waals surface area contributed by atoms with Crippen molar-refractivity contribution in [2.45, 2.75) is 24.8 Å². The van der Waals surface area contributed by atoms with E-state index in [1.165, 1.54) is 11.8 Å². The topological polar surface area (TPSA) is 46.1 Å². The van der Waals surface area contributed by atoms with Crippen LogP contribution in [0.2, 0.25) is 0 Å². The molecule has 0 fully saturated rings. The van der Waals surface area contributed by atoms with Crippen molar-refractivity contribution in [3.05, 3.63) is 54.6 Å². The smallest absolute Gasteiger partial charge is 0.232 e. The molecule has 0 aliphatic carbocycles. The molecule has 0 N–H and O–H groups in total. The highest BCUT2D eigenvalue weighted by Gasteiger charge is 2.14. The Bertz CT molecular complexity index is 883. The second-order valence-electron chi connectivity index (χ2n) is 6.22. The molecule has 4 nitrogen and oxygen atoms in total.